The van der Waals surface area contributed by atoms with E-state index in [1.54, 1.807) is 30.2 Å². The molecule has 1 N–H and O–H groups in total. The number of carbonyl (C=O) groups is 1. The smallest absolute Gasteiger partial charge is 0.260 e. The minimum Gasteiger partial charge on any atom is -0.338 e. The van der Waals surface area contributed by atoms with Gasteiger partial charge in [0.1, 0.15) is 11.9 Å². The average Bonchev–Trinajstić information content (AvgIpc) is 2.55. The monoisotopic (exact) mass is 298 g/mol. The van der Waals surface area contributed by atoms with E-state index in [2.05, 4.69) is 15.0 Å². The van der Waals surface area contributed by atoms with E-state index in [-0.39, 0.29) is 22.9 Å². The van der Waals surface area contributed by atoms with Crippen molar-refractivity contribution in [2.75, 3.05) is 13.1 Å². The summed E-state index contributed by atoms with van der Waals surface area (Å²) in [5.74, 6) is -0.00904. The maximum atomic E-state index is 12.6. The number of nitrogens with one attached hydrogen (secondary N) is 1. The average molecular weight is 298 g/mol. The van der Waals surface area contributed by atoms with Gasteiger partial charge in [-0.05, 0) is 38.0 Å². The van der Waals surface area contributed by atoms with Crippen molar-refractivity contribution in [2.24, 2.45) is 0 Å². The van der Waals surface area contributed by atoms with Gasteiger partial charge in [0.15, 0.2) is 0 Å². The molecule has 3 heterocycles. The molecule has 6 nitrogen and oxygen atoms in total. The number of carbonyl (C=O) groups excluding carboxylic acids is 1. The summed E-state index contributed by atoms with van der Waals surface area (Å²) in [6, 6.07) is 5.24. The lowest BCUT2D eigenvalue weighted by atomic mass is 9.94. The number of likely N-dealkylation sites (tertiary alicyclic amines) is 1. The van der Waals surface area contributed by atoms with Gasteiger partial charge in [-0.15, -0.1) is 0 Å². The summed E-state index contributed by atoms with van der Waals surface area (Å²) in [7, 11) is 0. The third-order valence-electron chi connectivity index (χ3n) is 4.02. The van der Waals surface area contributed by atoms with Crippen molar-refractivity contribution < 1.29 is 4.79 Å². The maximum Gasteiger partial charge on any atom is 0.260 e. The molecule has 1 aliphatic heterocycles. The van der Waals surface area contributed by atoms with Gasteiger partial charge < -0.3 is 9.88 Å². The number of hydrogen-bond acceptors (Lipinski definition) is 4. The maximum absolute atomic E-state index is 12.6. The van der Waals surface area contributed by atoms with Crippen molar-refractivity contribution >= 4 is 5.91 Å². The molecule has 0 aliphatic carbocycles. The van der Waals surface area contributed by atoms with E-state index < -0.39 is 0 Å². The third-order valence-corrected chi connectivity index (χ3v) is 4.02. The Labute approximate surface area is 128 Å². The highest BCUT2D eigenvalue weighted by atomic mass is 16.2. The molecule has 0 unspecified atom stereocenters. The van der Waals surface area contributed by atoms with Crippen LogP contribution in [0.1, 0.15) is 40.5 Å². The second-order valence-corrected chi connectivity index (χ2v) is 5.61. The van der Waals surface area contributed by atoms with Crippen LogP contribution in [0, 0.1) is 6.92 Å². The SMILES string of the molecule is Cc1ccc(C(=O)N2CCC[C@@H](c3ccncn3)C2)c(=O)[nH]1. The lowest BCUT2D eigenvalue weighted by molar-refractivity contribution is 0.0704. The summed E-state index contributed by atoms with van der Waals surface area (Å²) in [5, 5.41) is 0. The molecule has 2 aromatic rings. The van der Waals surface area contributed by atoms with Crippen LogP contribution in [0.3, 0.4) is 0 Å². The van der Waals surface area contributed by atoms with E-state index in [4.69, 9.17) is 0 Å². The van der Waals surface area contributed by atoms with Gasteiger partial charge in [0.05, 0.1) is 0 Å². The topological polar surface area (TPSA) is 79.0 Å². The quantitative estimate of drug-likeness (QED) is 0.911. The summed E-state index contributed by atoms with van der Waals surface area (Å²) >= 11 is 0. The van der Waals surface area contributed by atoms with Gasteiger partial charge in [-0.1, -0.05) is 0 Å². The molecule has 22 heavy (non-hydrogen) atoms. The highest BCUT2D eigenvalue weighted by Gasteiger charge is 2.27. The summed E-state index contributed by atoms with van der Waals surface area (Å²) in [5.41, 5.74) is 1.58. The number of aryl methyl sites for hydroxylation is 1. The Balaban J connectivity index is 1.80. The molecule has 0 saturated carbocycles. The molecule has 1 aliphatic rings. The van der Waals surface area contributed by atoms with Crippen LogP contribution in [0.25, 0.3) is 0 Å². The van der Waals surface area contributed by atoms with Gasteiger partial charge in [-0.25, -0.2) is 9.97 Å². The zero-order valence-corrected chi connectivity index (χ0v) is 12.5. The predicted octanol–water partition coefficient (Wildman–Crippen LogP) is 1.49. The number of aromatic amines is 1. The molecule has 114 valence electrons. The van der Waals surface area contributed by atoms with Crippen LogP contribution in [-0.4, -0.2) is 38.8 Å². The number of H-pyrrole nitrogens is 1. The van der Waals surface area contributed by atoms with Crippen LogP contribution < -0.4 is 5.56 Å². The van der Waals surface area contributed by atoms with Crippen molar-refractivity contribution in [3.05, 3.63) is 58.0 Å². The number of piperidine rings is 1. The van der Waals surface area contributed by atoms with E-state index in [0.717, 1.165) is 24.2 Å². The van der Waals surface area contributed by atoms with Crippen molar-refractivity contribution in [3.63, 3.8) is 0 Å². The van der Waals surface area contributed by atoms with E-state index in [0.29, 0.717) is 13.1 Å². The fourth-order valence-electron chi connectivity index (χ4n) is 2.86. The molecule has 0 spiro atoms. The van der Waals surface area contributed by atoms with E-state index in [1.165, 1.54) is 6.33 Å². The molecule has 1 fully saturated rings. The second-order valence-electron chi connectivity index (χ2n) is 5.61. The van der Waals surface area contributed by atoms with Crippen molar-refractivity contribution in [1.29, 1.82) is 0 Å². The van der Waals surface area contributed by atoms with Gasteiger partial charge in [0.2, 0.25) is 0 Å². The normalized spacial score (nSPS) is 18.2. The first-order chi connectivity index (χ1) is 10.6. The minimum atomic E-state index is -0.325. The molecule has 1 atom stereocenters. The number of amides is 1. The molecule has 1 amide bonds. The molecular formula is C16H18N4O2. The number of hydrogen-bond donors (Lipinski definition) is 1. The molecule has 0 radical (unpaired) electrons. The molecule has 0 aromatic carbocycles. The largest absolute Gasteiger partial charge is 0.338 e. The van der Waals surface area contributed by atoms with Crippen LogP contribution in [-0.2, 0) is 0 Å². The van der Waals surface area contributed by atoms with Gasteiger partial charge in [0, 0.05) is 36.6 Å². The predicted molar refractivity (Wildman–Crippen MR) is 81.7 cm³/mol. The molecule has 6 heteroatoms. The highest BCUT2D eigenvalue weighted by Crippen LogP contribution is 2.25. The van der Waals surface area contributed by atoms with E-state index >= 15 is 0 Å². The number of pyridine rings is 1. The molecule has 2 aromatic heterocycles. The van der Waals surface area contributed by atoms with Crippen molar-refractivity contribution in [2.45, 2.75) is 25.7 Å². The summed E-state index contributed by atoms with van der Waals surface area (Å²) in [6.45, 7) is 3.05. The first kappa shape index (κ1) is 14.4. The highest BCUT2D eigenvalue weighted by molar-refractivity contribution is 5.93. The van der Waals surface area contributed by atoms with Gasteiger partial charge in [0.25, 0.3) is 11.5 Å². The Morgan fingerprint density at radius 3 is 2.95 bits per heavy atom. The Morgan fingerprint density at radius 2 is 2.23 bits per heavy atom. The van der Waals surface area contributed by atoms with Crippen LogP contribution in [0.5, 0.6) is 0 Å². The Hall–Kier alpha value is -2.50. The summed E-state index contributed by atoms with van der Waals surface area (Å²) < 4.78 is 0. The summed E-state index contributed by atoms with van der Waals surface area (Å²) in [6.07, 6.45) is 5.14. The van der Waals surface area contributed by atoms with Gasteiger partial charge >= 0.3 is 0 Å². The van der Waals surface area contributed by atoms with Crippen molar-refractivity contribution in [3.8, 4) is 0 Å². The third kappa shape index (κ3) is 2.90. The molecule has 1 saturated heterocycles. The Morgan fingerprint density at radius 1 is 1.36 bits per heavy atom. The minimum absolute atomic E-state index is 0.199. The lowest BCUT2D eigenvalue weighted by Crippen LogP contribution is -2.41. The fourth-order valence-corrected chi connectivity index (χ4v) is 2.86. The molecule has 3 rings (SSSR count). The second kappa shape index (κ2) is 6.09. The first-order valence-electron chi connectivity index (χ1n) is 7.40. The summed E-state index contributed by atoms with van der Waals surface area (Å²) in [4.78, 5) is 37.2. The first-order valence-corrected chi connectivity index (χ1v) is 7.40. The van der Waals surface area contributed by atoms with Crippen LogP contribution in [0.4, 0.5) is 0 Å². The van der Waals surface area contributed by atoms with E-state index in [9.17, 15) is 9.59 Å². The lowest BCUT2D eigenvalue weighted by Gasteiger charge is -2.32. The Kier molecular flexibility index (Phi) is 4.00. The van der Waals surface area contributed by atoms with Crippen molar-refractivity contribution in [1.82, 2.24) is 19.9 Å². The van der Waals surface area contributed by atoms with E-state index in [1.807, 2.05) is 6.07 Å². The van der Waals surface area contributed by atoms with Gasteiger partial charge in [-0.2, -0.15) is 0 Å². The molecule has 0 bridgehead atoms. The standard InChI is InChI=1S/C16H18N4O2/c1-11-4-5-13(15(21)19-11)16(22)20-8-2-3-12(9-20)14-6-7-17-10-18-14/h4-7,10,12H,2-3,8-9H2,1H3,(H,19,21)/t12-/m1/s1. The fraction of sp³-hybridized carbons (Fsp3) is 0.375. The Bertz CT molecular complexity index is 726. The number of aromatic nitrogens is 3. The van der Waals surface area contributed by atoms with Crippen LogP contribution in [0.15, 0.2) is 35.5 Å². The molecular weight excluding hydrogens is 280 g/mol. The van der Waals surface area contributed by atoms with Crippen LogP contribution >= 0.6 is 0 Å². The van der Waals surface area contributed by atoms with Crippen LogP contribution in [0.2, 0.25) is 0 Å². The number of rotatable bonds is 2. The van der Waals surface area contributed by atoms with Gasteiger partial charge in [-0.3, -0.25) is 9.59 Å². The zero-order valence-electron chi connectivity index (χ0n) is 12.5. The zero-order chi connectivity index (χ0) is 15.5. The number of nitrogens with zero attached hydrogens (tertiary/aromatic N) is 3.